The minimum Gasteiger partial charge on any atom is -0.389 e. The Morgan fingerprint density at radius 1 is 1.15 bits per heavy atom. The number of hydrogen-bond donors (Lipinski definition) is 2. The van der Waals surface area contributed by atoms with Gasteiger partial charge in [-0.1, -0.05) is 27.7 Å². The molecule has 3 aliphatic carbocycles. The molecule has 2 saturated heterocycles. The SMILES string of the molecule is CO[C@H]1C(=O)[C@]2(C)[C@@H](OC3SCCS3)C[C@H]3OC[C@@]3(C)[C@H]2[C@H](C)[C@]2(O)C[C@H](O)C(C)=C1C2(C)C. The minimum atomic E-state index is -1.22. The lowest BCUT2D eigenvalue weighted by atomic mass is 9.40. The molecule has 5 rings (SSSR count). The Morgan fingerprint density at radius 2 is 1.79 bits per heavy atom. The molecule has 0 amide bonds. The number of aliphatic hydroxyl groups is 2. The molecule has 2 saturated carbocycles. The summed E-state index contributed by atoms with van der Waals surface area (Å²) in [5.41, 5.74) is -1.61. The van der Waals surface area contributed by atoms with E-state index < -0.39 is 28.6 Å². The van der Waals surface area contributed by atoms with Crippen LogP contribution in [0.5, 0.6) is 0 Å². The Kier molecular flexibility index (Phi) is 6.17. The summed E-state index contributed by atoms with van der Waals surface area (Å²) < 4.78 is 18.8. The molecule has 0 aromatic rings. The van der Waals surface area contributed by atoms with E-state index in [1.54, 1.807) is 30.6 Å². The van der Waals surface area contributed by atoms with Crippen molar-refractivity contribution in [3.63, 3.8) is 0 Å². The molecule has 8 heteroatoms. The van der Waals surface area contributed by atoms with Crippen LogP contribution in [-0.4, -0.2) is 76.0 Å². The average Bonchev–Trinajstić information content (AvgIpc) is 3.28. The van der Waals surface area contributed by atoms with E-state index in [1.807, 2.05) is 20.8 Å². The van der Waals surface area contributed by atoms with Crippen molar-refractivity contribution < 1.29 is 29.2 Å². The van der Waals surface area contributed by atoms with Gasteiger partial charge in [-0.2, -0.15) is 0 Å². The van der Waals surface area contributed by atoms with Gasteiger partial charge in [0.2, 0.25) is 0 Å². The quantitative estimate of drug-likeness (QED) is 0.555. The molecule has 0 radical (unpaired) electrons. The number of fused-ring (bicyclic) bond motifs is 5. The number of hydrogen-bond acceptors (Lipinski definition) is 8. The monoisotopic (exact) mass is 512 g/mol. The molecule has 0 spiro atoms. The van der Waals surface area contributed by atoms with Crippen LogP contribution >= 0.6 is 23.5 Å². The number of ketones is 1. The number of aliphatic hydroxyl groups excluding tert-OH is 1. The highest BCUT2D eigenvalue weighted by atomic mass is 32.2. The van der Waals surface area contributed by atoms with Crippen molar-refractivity contribution >= 4 is 29.3 Å². The fraction of sp³-hybridized carbons (Fsp3) is 0.885. The van der Waals surface area contributed by atoms with Crippen LogP contribution in [0, 0.1) is 28.1 Å². The largest absolute Gasteiger partial charge is 0.389 e. The average molecular weight is 513 g/mol. The standard InChI is InChI=1S/C26H40O6S2/c1-13-15(27)11-26(29)14(2)20-24(5)12-31-16(24)10-17(32-22-33-8-9-34-22)25(20,6)21(28)19(30-7)18(13)23(26,3)4/h14-17,19-20,22,27,29H,8-12H2,1-7H3/t14-,15-,16+,17-,19+,20+,24+,25+,26+/m0/s1. The van der Waals surface area contributed by atoms with Gasteiger partial charge >= 0.3 is 0 Å². The van der Waals surface area contributed by atoms with E-state index in [4.69, 9.17) is 14.2 Å². The van der Waals surface area contributed by atoms with E-state index in [1.165, 1.54) is 0 Å². The summed E-state index contributed by atoms with van der Waals surface area (Å²) in [4.78, 5) is 14.7. The lowest BCUT2D eigenvalue weighted by Gasteiger charge is -2.69. The lowest BCUT2D eigenvalue weighted by molar-refractivity contribution is -0.306. The smallest absolute Gasteiger partial charge is 0.174 e. The van der Waals surface area contributed by atoms with Gasteiger partial charge in [0.05, 0.1) is 35.9 Å². The molecule has 2 heterocycles. The number of ether oxygens (including phenoxy) is 3. The summed E-state index contributed by atoms with van der Waals surface area (Å²) in [7, 11) is 1.57. The predicted molar refractivity (Wildman–Crippen MR) is 135 cm³/mol. The van der Waals surface area contributed by atoms with E-state index in [9.17, 15) is 15.0 Å². The molecule has 0 unspecified atom stereocenters. The molecular weight excluding hydrogens is 472 g/mol. The molecule has 192 valence electrons. The van der Waals surface area contributed by atoms with E-state index in [2.05, 4.69) is 20.8 Å². The number of rotatable bonds is 3. The normalized spacial score (nSPS) is 50.8. The zero-order chi connectivity index (χ0) is 24.8. The molecule has 0 aromatic heterocycles. The zero-order valence-electron chi connectivity index (χ0n) is 21.4. The summed E-state index contributed by atoms with van der Waals surface area (Å²) >= 11 is 3.59. The van der Waals surface area contributed by atoms with E-state index in [0.717, 1.165) is 22.7 Å². The minimum absolute atomic E-state index is 0.00301. The summed E-state index contributed by atoms with van der Waals surface area (Å²) in [6.45, 7) is 12.8. The summed E-state index contributed by atoms with van der Waals surface area (Å²) in [5, 5.41) is 23.6. The number of carbonyl (C=O) groups excluding carboxylic acids is 1. The number of Topliss-reactive ketones (excluding diaryl/α,β-unsaturated/α-hetero) is 1. The van der Waals surface area contributed by atoms with Crippen LogP contribution in [-0.2, 0) is 19.0 Å². The lowest BCUT2D eigenvalue weighted by Crippen LogP contribution is -2.75. The summed E-state index contributed by atoms with van der Waals surface area (Å²) in [6.07, 6.45) is -1.09. The van der Waals surface area contributed by atoms with Crippen molar-refractivity contribution in [3.8, 4) is 0 Å². The van der Waals surface area contributed by atoms with Gasteiger partial charge in [-0.25, -0.2) is 0 Å². The van der Waals surface area contributed by atoms with Gasteiger partial charge in [0, 0.05) is 42.3 Å². The van der Waals surface area contributed by atoms with Crippen molar-refractivity contribution in [3.05, 3.63) is 11.1 Å². The van der Waals surface area contributed by atoms with Crippen molar-refractivity contribution in [2.75, 3.05) is 25.2 Å². The molecule has 2 N–H and O–H groups in total. The van der Waals surface area contributed by atoms with Crippen LogP contribution in [0.15, 0.2) is 11.1 Å². The van der Waals surface area contributed by atoms with Gasteiger partial charge in [0.25, 0.3) is 0 Å². The highest BCUT2D eigenvalue weighted by Crippen LogP contribution is 2.67. The first-order valence-corrected chi connectivity index (χ1v) is 14.6. The van der Waals surface area contributed by atoms with Crippen molar-refractivity contribution in [2.45, 2.75) is 89.2 Å². The first kappa shape index (κ1) is 25.6. The third kappa shape index (κ3) is 3.12. The van der Waals surface area contributed by atoms with Gasteiger partial charge in [0.1, 0.15) is 10.9 Å². The number of carbonyl (C=O) groups is 1. The Balaban J connectivity index is 1.73. The van der Waals surface area contributed by atoms with Crippen LogP contribution in [0.2, 0.25) is 0 Å². The molecule has 4 fully saturated rings. The van der Waals surface area contributed by atoms with Crippen molar-refractivity contribution in [2.24, 2.45) is 28.1 Å². The van der Waals surface area contributed by atoms with Crippen molar-refractivity contribution in [1.29, 1.82) is 0 Å². The van der Waals surface area contributed by atoms with Gasteiger partial charge in [0.15, 0.2) is 5.78 Å². The number of thioether (sulfide) groups is 2. The fourth-order valence-corrected chi connectivity index (χ4v) is 10.9. The predicted octanol–water partition coefficient (Wildman–Crippen LogP) is 3.64. The molecule has 2 aliphatic heterocycles. The van der Waals surface area contributed by atoms with Crippen LogP contribution in [0.25, 0.3) is 0 Å². The molecule has 6 nitrogen and oxygen atoms in total. The van der Waals surface area contributed by atoms with E-state index in [-0.39, 0.29) is 46.4 Å². The first-order valence-electron chi connectivity index (χ1n) is 12.5. The highest BCUT2D eigenvalue weighted by molar-refractivity contribution is 8.19. The van der Waals surface area contributed by atoms with E-state index in [0.29, 0.717) is 13.0 Å². The molecule has 9 atom stereocenters. The van der Waals surface area contributed by atoms with Crippen LogP contribution < -0.4 is 0 Å². The third-order valence-electron chi connectivity index (χ3n) is 10.4. The first-order chi connectivity index (χ1) is 15.8. The van der Waals surface area contributed by atoms with Crippen LogP contribution in [0.4, 0.5) is 0 Å². The maximum absolute atomic E-state index is 14.7. The fourth-order valence-electron chi connectivity index (χ4n) is 8.38. The second-order valence-electron chi connectivity index (χ2n) is 12.1. The highest BCUT2D eigenvalue weighted by Gasteiger charge is 2.73. The molecule has 5 aliphatic rings. The maximum atomic E-state index is 14.7. The summed E-state index contributed by atoms with van der Waals surface area (Å²) in [6, 6.07) is 0. The Labute approximate surface area is 211 Å². The maximum Gasteiger partial charge on any atom is 0.174 e. The van der Waals surface area contributed by atoms with Gasteiger partial charge in [-0.15, -0.1) is 23.5 Å². The second-order valence-corrected chi connectivity index (χ2v) is 14.7. The van der Waals surface area contributed by atoms with Gasteiger partial charge < -0.3 is 24.4 Å². The molecule has 2 bridgehead atoms. The van der Waals surface area contributed by atoms with Crippen molar-refractivity contribution in [1.82, 2.24) is 0 Å². The molecular formula is C26H40O6S2. The van der Waals surface area contributed by atoms with Gasteiger partial charge in [-0.05, 0) is 36.8 Å². The molecule has 34 heavy (non-hydrogen) atoms. The zero-order valence-corrected chi connectivity index (χ0v) is 23.1. The van der Waals surface area contributed by atoms with Gasteiger partial charge in [-0.3, -0.25) is 4.79 Å². The third-order valence-corrected chi connectivity index (χ3v) is 13.1. The summed E-state index contributed by atoms with van der Waals surface area (Å²) in [5.74, 6) is 1.65. The number of methoxy groups -OCH3 is 1. The second kappa shape index (κ2) is 8.20. The van der Waals surface area contributed by atoms with Crippen LogP contribution in [0.3, 0.4) is 0 Å². The Morgan fingerprint density at radius 3 is 2.35 bits per heavy atom. The Bertz CT molecular complexity index is 898. The van der Waals surface area contributed by atoms with E-state index >= 15 is 0 Å². The Hall–Kier alpha value is -0.0900. The van der Waals surface area contributed by atoms with Crippen LogP contribution in [0.1, 0.15) is 54.4 Å². The molecule has 0 aromatic carbocycles. The topological polar surface area (TPSA) is 85.2 Å².